The van der Waals surface area contributed by atoms with Crippen LogP contribution in [0.4, 0.5) is 5.69 Å². The van der Waals surface area contributed by atoms with E-state index in [1.54, 1.807) is 30.0 Å². The number of ether oxygens (including phenoxy) is 2. The maximum atomic E-state index is 13.5. The molecule has 0 bridgehead atoms. The van der Waals surface area contributed by atoms with Gasteiger partial charge in [-0.25, -0.2) is 0 Å². The van der Waals surface area contributed by atoms with Gasteiger partial charge in [0, 0.05) is 26.1 Å². The van der Waals surface area contributed by atoms with Crippen LogP contribution in [-0.2, 0) is 27.4 Å². The van der Waals surface area contributed by atoms with Crippen LogP contribution in [0.2, 0.25) is 5.02 Å². The topological polar surface area (TPSA) is 115 Å². The summed E-state index contributed by atoms with van der Waals surface area (Å²) in [6.45, 7) is 3.50. The molecule has 0 spiro atoms. The minimum Gasteiger partial charge on any atom is -0.490 e. The van der Waals surface area contributed by atoms with Gasteiger partial charge in [-0.05, 0) is 29.8 Å². The van der Waals surface area contributed by atoms with Crippen LogP contribution in [0.3, 0.4) is 0 Å². The van der Waals surface area contributed by atoms with Gasteiger partial charge in [0.15, 0.2) is 5.82 Å². The molecule has 35 heavy (non-hydrogen) atoms. The molecule has 1 aromatic heterocycles. The van der Waals surface area contributed by atoms with Gasteiger partial charge in [-0.15, -0.1) is 0 Å². The molecule has 182 valence electrons. The van der Waals surface area contributed by atoms with E-state index in [2.05, 4.69) is 10.1 Å². The predicted molar refractivity (Wildman–Crippen MR) is 125 cm³/mol. The smallest absolute Gasteiger partial charge is 0.302 e. The molecular formula is C24H23ClN4O6. The lowest BCUT2D eigenvalue weighted by Gasteiger charge is -2.23. The fourth-order valence-corrected chi connectivity index (χ4v) is 3.92. The Labute approximate surface area is 206 Å². The van der Waals surface area contributed by atoms with Gasteiger partial charge in [-0.1, -0.05) is 35.0 Å². The van der Waals surface area contributed by atoms with E-state index >= 15 is 0 Å². The average Bonchev–Trinajstić information content (AvgIpc) is 3.18. The third kappa shape index (κ3) is 5.78. The van der Waals surface area contributed by atoms with Crippen molar-refractivity contribution in [2.45, 2.75) is 26.9 Å². The number of hydrogen-bond acceptors (Lipinski definition) is 8. The summed E-state index contributed by atoms with van der Waals surface area (Å²) in [7, 11) is 0. The van der Waals surface area contributed by atoms with Crippen LogP contribution in [0.25, 0.3) is 0 Å². The van der Waals surface area contributed by atoms with Crippen molar-refractivity contribution in [2.75, 3.05) is 24.7 Å². The number of aryl methyl sites for hydroxylation is 1. The Hall–Kier alpha value is -3.92. The summed E-state index contributed by atoms with van der Waals surface area (Å²) in [5.74, 6) is 0.143. The highest BCUT2D eigenvalue weighted by molar-refractivity contribution is 6.34. The largest absolute Gasteiger partial charge is 0.490 e. The van der Waals surface area contributed by atoms with E-state index in [-0.39, 0.29) is 49.3 Å². The van der Waals surface area contributed by atoms with Crippen molar-refractivity contribution in [3.8, 4) is 5.75 Å². The number of para-hydroxylation sites is 1. The first-order valence-corrected chi connectivity index (χ1v) is 11.2. The first-order chi connectivity index (χ1) is 16.8. The van der Waals surface area contributed by atoms with Crippen molar-refractivity contribution < 1.29 is 28.4 Å². The fourth-order valence-electron chi connectivity index (χ4n) is 3.67. The van der Waals surface area contributed by atoms with E-state index in [0.29, 0.717) is 23.2 Å². The van der Waals surface area contributed by atoms with E-state index in [1.807, 2.05) is 18.2 Å². The molecule has 3 aromatic rings. The molecule has 0 atom stereocenters. The van der Waals surface area contributed by atoms with Gasteiger partial charge in [0.1, 0.15) is 25.5 Å². The second-order valence-corrected chi connectivity index (χ2v) is 8.24. The van der Waals surface area contributed by atoms with E-state index in [0.717, 1.165) is 5.56 Å². The number of anilines is 1. The molecule has 2 aromatic carbocycles. The van der Waals surface area contributed by atoms with Gasteiger partial charge in [0.05, 0.1) is 17.1 Å². The lowest BCUT2D eigenvalue weighted by atomic mass is 10.1. The zero-order valence-corrected chi connectivity index (χ0v) is 19.9. The highest BCUT2D eigenvalue weighted by atomic mass is 35.5. The van der Waals surface area contributed by atoms with Crippen molar-refractivity contribution in [3.05, 3.63) is 70.3 Å². The lowest BCUT2D eigenvalue weighted by molar-refractivity contribution is -0.141. The van der Waals surface area contributed by atoms with Crippen LogP contribution in [-0.4, -0.2) is 52.6 Å². The van der Waals surface area contributed by atoms with Gasteiger partial charge in [-0.2, -0.15) is 4.98 Å². The van der Waals surface area contributed by atoms with Crippen molar-refractivity contribution in [1.29, 1.82) is 0 Å². The van der Waals surface area contributed by atoms with Gasteiger partial charge in [0.25, 0.3) is 5.91 Å². The number of carbonyl (C=O) groups excluding carboxylic acids is 3. The van der Waals surface area contributed by atoms with Gasteiger partial charge in [-0.3, -0.25) is 19.3 Å². The molecule has 0 saturated heterocycles. The Morgan fingerprint density at radius 2 is 1.94 bits per heavy atom. The molecule has 10 nitrogen and oxygen atoms in total. The van der Waals surface area contributed by atoms with Crippen LogP contribution < -0.4 is 9.64 Å². The average molecular weight is 499 g/mol. The highest BCUT2D eigenvalue weighted by Gasteiger charge is 2.31. The number of carbonyl (C=O) groups is 3. The Morgan fingerprint density at radius 1 is 1.14 bits per heavy atom. The van der Waals surface area contributed by atoms with Crippen LogP contribution in [0, 0.1) is 6.92 Å². The third-order valence-corrected chi connectivity index (χ3v) is 5.58. The third-order valence-electron chi connectivity index (χ3n) is 5.27. The summed E-state index contributed by atoms with van der Waals surface area (Å²) < 4.78 is 15.4. The predicted octanol–water partition coefficient (Wildman–Crippen LogP) is 3.16. The summed E-state index contributed by atoms with van der Waals surface area (Å²) in [6.07, 6.45) is 0. The molecule has 2 amide bonds. The number of esters is 1. The van der Waals surface area contributed by atoms with Crippen LogP contribution in [0.15, 0.2) is 47.0 Å². The molecular weight excluding hydrogens is 476 g/mol. The molecule has 2 heterocycles. The first kappa shape index (κ1) is 24.2. The standard InChI is InChI=1S/C24H23ClN4O6/c1-15-26-22(27-35-15)13-28-12-17-5-3-4-6-21(17)29(14-23(28)31)24(32)19-8-7-18(11-20(19)25)34-10-9-33-16(2)30/h3-8,11H,9-10,12-14H2,1-2H3. The zero-order chi connectivity index (χ0) is 24.9. The van der Waals surface area contributed by atoms with Gasteiger partial charge < -0.3 is 18.9 Å². The molecule has 11 heteroatoms. The Kier molecular flexibility index (Phi) is 7.31. The first-order valence-electron chi connectivity index (χ1n) is 10.8. The molecule has 0 fully saturated rings. The van der Waals surface area contributed by atoms with Crippen LogP contribution in [0.5, 0.6) is 5.75 Å². The molecule has 0 radical (unpaired) electrons. The van der Waals surface area contributed by atoms with Gasteiger partial charge in [0.2, 0.25) is 11.8 Å². The number of nitrogens with zero attached hydrogens (tertiary/aromatic N) is 4. The summed E-state index contributed by atoms with van der Waals surface area (Å²) in [5, 5.41) is 4.05. The number of rotatable bonds is 7. The molecule has 0 saturated carbocycles. The molecule has 0 unspecified atom stereocenters. The summed E-state index contributed by atoms with van der Waals surface area (Å²) >= 11 is 6.41. The van der Waals surface area contributed by atoms with Crippen molar-refractivity contribution in [3.63, 3.8) is 0 Å². The molecule has 0 N–H and O–H groups in total. The van der Waals surface area contributed by atoms with E-state index in [9.17, 15) is 14.4 Å². The van der Waals surface area contributed by atoms with Gasteiger partial charge >= 0.3 is 5.97 Å². The molecule has 1 aliphatic heterocycles. The van der Waals surface area contributed by atoms with E-state index in [4.69, 9.17) is 25.6 Å². The highest BCUT2D eigenvalue weighted by Crippen LogP contribution is 2.30. The van der Waals surface area contributed by atoms with E-state index < -0.39 is 11.9 Å². The van der Waals surface area contributed by atoms with E-state index in [1.165, 1.54) is 17.9 Å². The minimum absolute atomic E-state index is 0.0975. The van der Waals surface area contributed by atoms with Crippen LogP contribution >= 0.6 is 11.6 Å². The second kappa shape index (κ2) is 10.6. The second-order valence-electron chi connectivity index (χ2n) is 7.83. The Morgan fingerprint density at radius 3 is 2.66 bits per heavy atom. The summed E-state index contributed by atoms with van der Waals surface area (Å²) in [6, 6.07) is 12.0. The minimum atomic E-state index is -0.417. The number of aromatic nitrogens is 2. The fraction of sp³-hybridized carbons (Fsp3) is 0.292. The van der Waals surface area contributed by atoms with Crippen molar-refractivity contribution in [1.82, 2.24) is 15.0 Å². The monoisotopic (exact) mass is 498 g/mol. The number of hydrogen-bond donors (Lipinski definition) is 0. The number of benzene rings is 2. The quantitative estimate of drug-likeness (QED) is 0.360. The normalized spacial score (nSPS) is 13.3. The summed E-state index contributed by atoms with van der Waals surface area (Å²) in [4.78, 5) is 44.7. The molecule has 1 aliphatic rings. The molecule has 0 aliphatic carbocycles. The lowest BCUT2D eigenvalue weighted by Crippen LogP contribution is -2.40. The Balaban J connectivity index is 1.54. The Bertz CT molecular complexity index is 1260. The van der Waals surface area contributed by atoms with Crippen molar-refractivity contribution in [2.24, 2.45) is 0 Å². The SMILES string of the molecule is CC(=O)OCCOc1ccc(C(=O)N2CC(=O)N(Cc3noc(C)n3)Cc3ccccc32)c(Cl)c1. The maximum Gasteiger partial charge on any atom is 0.302 e. The maximum absolute atomic E-state index is 13.5. The summed E-state index contributed by atoms with van der Waals surface area (Å²) in [5.41, 5.74) is 1.65. The number of amides is 2. The number of fused-ring (bicyclic) bond motifs is 1. The molecule has 4 rings (SSSR count). The van der Waals surface area contributed by atoms with Crippen molar-refractivity contribution >= 4 is 35.1 Å². The van der Waals surface area contributed by atoms with Crippen LogP contribution in [0.1, 0.15) is 34.6 Å². The zero-order valence-electron chi connectivity index (χ0n) is 19.2. The number of halogens is 1.